The second-order valence-electron chi connectivity index (χ2n) is 4.11. The molecule has 1 aromatic rings. The van der Waals surface area contributed by atoms with E-state index < -0.39 is 5.60 Å². The van der Waals surface area contributed by atoms with Gasteiger partial charge in [-0.15, -0.1) is 0 Å². The lowest BCUT2D eigenvalue weighted by Gasteiger charge is -2.31. The number of Topliss-reactive ketones (excluding diaryl/α,β-unsaturated/α-hetero) is 1. The van der Waals surface area contributed by atoms with Crippen LogP contribution < -0.4 is 0 Å². The van der Waals surface area contributed by atoms with Crippen LogP contribution in [0.15, 0.2) is 28.7 Å². The Morgan fingerprint density at radius 3 is 2.62 bits per heavy atom. The third-order valence-electron chi connectivity index (χ3n) is 3.21. The molecule has 0 fully saturated rings. The Kier molecular flexibility index (Phi) is 4.28. The van der Waals surface area contributed by atoms with Gasteiger partial charge in [-0.05, 0) is 31.0 Å². The topological polar surface area (TPSA) is 37.3 Å². The molecule has 1 rings (SSSR count). The van der Waals surface area contributed by atoms with Gasteiger partial charge in [-0.2, -0.15) is 0 Å². The number of hydrogen-bond donors (Lipinski definition) is 1. The van der Waals surface area contributed by atoms with Crippen molar-refractivity contribution in [3.8, 4) is 0 Å². The first-order valence-electron chi connectivity index (χ1n) is 5.40. The minimum Gasteiger partial charge on any atom is -0.381 e. The minimum atomic E-state index is -1.26. The first-order chi connectivity index (χ1) is 7.41. The molecule has 0 aliphatic carbocycles. The molecular formula is C13H17BrO2. The van der Waals surface area contributed by atoms with Crippen molar-refractivity contribution < 1.29 is 9.90 Å². The summed E-state index contributed by atoms with van der Waals surface area (Å²) in [6.07, 6.45) is 0.427. The molecule has 0 saturated heterocycles. The SMILES string of the molecule is CCC(O)(C(C)=O)C(C)c1cccc(Br)c1. The Balaban J connectivity index is 3.09. The molecule has 0 aliphatic heterocycles. The van der Waals surface area contributed by atoms with Gasteiger partial charge in [0, 0.05) is 10.4 Å². The largest absolute Gasteiger partial charge is 0.381 e. The van der Waals surface area contributed by atoms with E-state index >= 15 is 0 Å². The van der Waals surface area contributed by atoms with Gasteiger partial charge >= 0.3 is 0 Å². The molecule has 0 spiro atoms. The van der Waals surface area contributed by atoms with Gasteiger partial charge in [0.1, 0.15) is 5.60 Å². The van der Waals surface area contributed by atoms with Crippen LogP contribution in [0.25, 0.3) is 0 Å². The second-order valence-corrected chi connectivity index (χ2v) is 5.03. The van der Waals surface area contributed by atoms with Gasteiger partial charge in [-0.3, -0.25) is 4.79 Å². The second kappa shape index (κ2) is 5.11. The van der Waals surface area contributed by atoms with Crippen LogP contribution in [0.2, 0.25) is 0 Å². The third-order valence-corrected chi connectivity index (χ3v) is 3.71. The van der Waals surface area contributed by atoms with Crippen molar-refractivity contribution in [2.24, 2.45) is 0 Å². The smallest absolute Gasteiger partial charge is 0.161 e. The van der Waals surface area contributed by atoms with Gasteiger partial charge in [-0.1, -0.05) is 41.9 Å². The molecule has 3 heteroatoms. The van der Waals surface area contributed by atoms with Crippen LogP contribution in [0.3, 0.4) is 0 Å². The Labute approximate surface area is 105 Å². The molecule has 0 aromatic heterocycles. The predicted octanol–water partition coefficient (Wildman–Crippen LogP) is 3.28. The van der Waals surface area contributed by atoms with Crippen LogP contribution in [0, 0.1) is 0 Å². The fraction of sp³-hybridized carbons (Fsp3) is 0.462. The summed E-state index contributed by atoms with van der Waals surface area (Å²) in [5.74, 6) is -0.380. The van der Waals surface area contributed by atoms with E-state index in [0.29, 0.717) is 6.42 Å². The molecular weight excluding hydrogens is 268 g/mol. The van der Waals surface area contributed by atoms with Crippen molar-refractivity contribution >= 4 is 21.7 Å². The summed E-state index contributed by atoms with van der Waals surface area (Å²) >= 11 is 3.39. The standard InChI is InChI=1S/C13H17BrO2/c1-4-13(16,10(3)15)9(2)11-6-5-7-12(14)8-11/h5-9,16H,4H2,1-3H3. The van der Waals surface area contributed by atoms with Gasteiger partial charge in [0.2, 0.25) is 0 Å². The summed E-state index contributed by atoms with van der Waals surface area (Å²) in [6.45, 7) is 5.15. The molecule has 16 heavy (non-hydrogen) atoms. The van der Waals surface area contributed by atoms with Crippen molar-refractivity contribution in [3.63, 3.8) is 0 Å². The highest BCUT2D eigenvalue weighted by Gasteiger charge is 2.37. The van der Waals surface area contributed by atoms with Gasteiger partial charge in [0.05, 0.1) is 0 Å². The Hall–Kier alpha value is -0.670. The molecule has 1 aromatic carbocycles. The number of aliphatic hydroxyl groups is 1. The molecule has 0 amide bonds. The zero-order chi connectivity index (χ0) is 12.3. The normalized spacial score (nSPS) is 16.6. The molecule has 1 N–H and O–H groups in total. The number of ketones is 1. The lowest BCUT2D eigenvalue weighted by Crippen LogP contribution is -2.41. The number of halogens is 1. The summed E-state index contributed by atoms with van der Waals surface area (Å²) in [4.78, 5) is 11.5. The van der Waals surface area contributed by atoms with E-state index in [0.717, 1.165) is 10.0 Å². The molecule has 0 radical (unpaired) electrons. The van der Waals surface area contributed by atoms with E-state index in [4.69, 9.17) is 0 Å². The number of hydrogen-bond acceptors (Lipinski definition) is 2. The van der Waals surface area contributed by atoms with Gasteiger partial charge in [-0.25, -0.2) is 0 Å². The molecule has 0 heterocycles. The molecule has 2 nitrogen and oxygen atoms in total. The number of benzene rings is 1. The van der Waals surface area contributed by atoms with Crippen LogP contribution in [0.4, 0.5) is 0 Å². The first-order valence-corrected chi connectivity index (χ1v) is 6.20. The fourth-order valence-corrected chi connectivity index (χ4v) is 2.33. The summed E-state index contributed by atoms with van der Waals surface area (Å²) in [7, 11) is 0. The van der Waals surface area contributed by atoms with Crippen molar-refractivity contribution in [2.45, 2.75) is 38.7 Å². The quantitative estimate of drug-likeness (QED) is 0.921. The van der Waals surface area contributed by atoms with Crippen molar-refractivity contribution in [2.75, 3.05) is 0 Å². The molecule has 88 valence electrons. The van der Waals surface area contributed by atoms with Crippen LogP contribution in [0.1, 0.15) is 38.7 Å². The number of carbonyl (C=O) groups excluding carboxylic acids is 1. The van der Waals surface area contributed by atoms with Crippen LogP contribution in [0.5, 0.6) is 0 Å². The lowest BCUT2D eigenvalue weighted by molar-refractivity contribution is -0.137. The van der Waals surface area contributed by atoms with Crippen LogP contribution >= 0.6 is 15.9 Å². The highest BCUT2D eigenvalue weighted by Crippen LogP contribution is 2.32. The summed E-state index contributed by atoms with van der Waals surface area (Å²) in [5.41, 5.74) is -0.297. The maximum absolute atomic E-state index is 11.5. The summed E-state index contributed by atoms with van der Waals surface area (Å²) in [6, 6.07) is 7.70. The number of carbonyl (C=O) groups is 1. The van der Waals surface area contributed by atoms with E-state index in [-0.39, 0.29) is 11.7 Å². The fourth-order valence-electron chi connectivity index (χ4n) is 1.91. The Morgan fingerprint density at radius 1 is 1.56 bits per heavy atom. The molecule has 2 atom stereocenters. The summed E-state index contributed by atoms with van der Waals surface area (Å²) in [5, 5.41) is 10.3. The van der Waals surface area contributed by atoms with E-state index in [1.165, 1.54) is 6.92 Å². The molecule has 2 unspecified atom stereocenters. The zero-order valence-corrected chi connectivity index (χ0v) is 11.4. The Bertz CT molecular complexity index is 389. The van der Waals surface area contributed by atoms with E-state index in [9.17, 15) is 9.90 Å². The summed E-state index contributed by atoms with van der Waals surface area (Å²) < 4.78 is 0.957. The van der Waals surface area contributed by atoms with E-state index in [2.05, 4.69) is 15.9 Å². The van der Waals surface area contributed by atoms with Gasteiger partial charge in [0.25, 0.3) is 0 Å². The maximum atomic E-state index is 11.5. The Morgan fingerprint density at radius 2 is 2.19 bits per heavy atom. The highest BCUT2D eigenvalue weighted by molar-refractivity contribution is 9.10. The average molecular weight is 285 g/mol. The highest BCUT2D eigenvalue weighted by atomic mass is 79.9. The van der Waals surface area contributed by atoms with Crippen LogP contribution in [-0.2, 0) is 4.79 Å². The monoisotopic (exact) mass is 284 g/mol. The van der Waals surface area contributed by atoms with E-state index in [1.54, 1.807) is 0 Å². The minimum absolute atomic E-state index is 0.178. The average Bonchev–Trinajstić information content (AvgIpc) is 2.26. The molecule has 0 saturated carbocycles. The predicted molar refractivity (Wildman–Crippen MR) is 68.5 cm³/mol. The van der Waals surface area contributed by atoms with Crippen molar-refractivity contribution in [1.82, 2.24) is 0 Å². The third kappa shape index (κ3) is 2.53. The lowest BCUT2D eigenvalue weighted by atomic mass is 9.79. The van der Waals surface area contributed by atoms with Crippen LogP contribution in [-0.4, -0.2) is 16.5 Å². The van der Waals surface area contributed by atoms with Gasteiger partial charge in [0.15, 0.2) is 5.78 Å². The van der Waals surface area contributed by atoms with E-state index in [1.807, 2.05) is 38.1 Å². The first kappa shape index (κ1) is 13.4. The molecule has 0 aliphatic rings. The zero-order valence-electron chi connectivity index (χ0n) is 9.83. The maximum Gasteiger partial charge on any atom is 0.161 e. The number of rotatable bonds is 4. The van der Waals surface area contributed by atoms with Gasteiger partial charge < -0.3 is 5.11 Å². The van der Waals surface area contributed by atoms with Crippen molar-refractivity contribution in [1.29, 1.82) is 0 Å². The van der Waals surface area contributed by atoms with Crippen molar-refractivity contribution in [3.05, 3.63) is 34.3 Å². The molecule has 0 bridgehead atoms.